The normalized spacial score (nSPS) is 12.2. The SMILES string of the molecule is Cc1ccc(-n2nc(NS(=O)(=O)c3ccccc3)cc2C(C)(C)C)cc1. The summed E-state index contributed by atoms with van der Waals surface area (Å²) in [7, 11) is -3.68. The molecule has 1 heterocycles. The van der Waals surface area contributed by atoms with E-state index in [9.17, 15) is 8.42 Å². The van der Waals surface area contributed by atoms with Crippen LogP contribution >= 0.6 is 0 Å². The van der Waals surface area contributed by atoms with E-state index in [0.717, 1.165) is 16.9 Å². The average molecular weight is 369 g/mol. The Bertz CT molecular complexity index is 999. The first-order chi connectivity index (χ1) is 12.2. The molecule has 3 rings (SSSR count). The Hall–Kier alpha value is -2.60. The van der Waals surface area contributed by atoms with Gasteiger partial charge in [-0.1, -0.05) is 56.7 Å². The zero-order valence-electron chi connectivity index (χ0n) is 15.4. The Morgan fingerprint density at radius 3 is 2.15 bits per heavy atom. The fourth-order valence-corrected chi connectivity index (χ4v) is 3.65. The summed E-state index contributed by atoms with van der Waals surface area (Å²) < 4.78 is 29.6. The summed E-state index contributed by atoms with van der Waals surface area (Å²) in [5, 5.41) is 4.51. The number of benzene rings is 2. The molecule has 0 radical (unpaired) electrons. The van der Waals surface area contributed by atoms with Gasteiger partial charge in [0.25, 0.3) is 10.0 Å². The molecule has 0 fully saturated rings. The van der Waals surface area contributed by atoms with Crippen molar-refractivity contribution in [2.45, 2.75) is 38.0 Å². The highest BCUT2D eigenvalue weighted by atomic mass is 32.2. The van der Waals surface area contributed by atoms with E-state index in [1.807, 2.05) is 31.2 Å². The standard InChI is InChI=1S/C20H23N3O2S/c1-15-10-12-16(13-11-15)23-18(20(2,3)4)14-19(21-23)22-26(24,25)17-8-6-5-7-9-17/h5-14H,1-4H3,(H,21,22). The van der Waals surface area contributed by atoms with Gasteiger partial charge >= 0.3 is 0 Å². The quantitative estimate of drug-likeness (QED) is 0.746. The van der Waals surface area contributed by atoms with Gasteiger partial charge in [-0.25, -0.2) is 13.1 Å². The number of rotatable bonds is 4. The van der Waals surface area contributed by atoms with E-state index in [-0.39, 0.29) is 10.3 Å². The number of sulfonamides is 1. The minimum absolute atomic E-state index is 0.200. The minimum Gasteiger partial charge on any atom is -0.262 e. The maximum Gasteiger partial charge on any atom is 0.263 e. The van der Waals surface area contributed by atoms with Crippen LogP contribution in [0.5, 0.6) is 0 Å². The molecular weight excluding hydrogens is 346 g/mol. The molecule has 0 bridgehead atoms. The lowest BCUT2D eigenvalue weighted by Gasteiger charge is -2.20. The van der Waals surface area contributed by atoms with Gasteiger partial charge in [-0.3, -0.25) is 4.72 Å². The summed E-state index contributed by atoms with van der Waals surface area (Å²) in [6.07, 6.45) is 0. The van der Waals surface area contributed by atoms with Crippen molar-refractivity contribution in [3.05, 3.63) is 71.9 Å². The lowest BCUT2D eigenvalue weighted by Crippen LogP contribution is -2.17. The van der Waals surface area contributed by atoms with Crippen LogP contribution in [0.4, 0.5) is 5.82 Å². The molecule has 5 nitrogen and oxygen atoms in total. The lowest BCUT2D eigenvalue weighted by molar-refractivity contribution is 0.544. The monoisotopic (exact) mass is 369 g/mol. The van der Waals surface area contributed by atoms with Crippen LogP contribution in [0.25, 0.3) is 5.69 Å². The molecule has 0 spiro atoms. The predicted octanol–water partition coefficient (Wildman–Crippen LogP) is 4.28. The van der Waals surface area contributed by atoms with E-state index in [1.54, 1.807) is 41.1 Å². The summed E-state index contributed by atoms with van der Waals surface area (Å²) in [6.45, 7) is 8.25. The van der Waals surface area contributed by atoms with Crippen molar-refractivity contribution in [2.75, 3.05) is 4.72 Å². The first-order valence-electron chi connectivity index (χ1n) is 8.42. The Kier molecular flexibility index (Phi) is 4.63. The van der Waals surface area contributed by atoms with Crippen molar-refractivity contribution in [2.24, 2.45) is 0 Å². The highest BCUT2D eigenvalue weighted by Gasteiger charge is 2.24. The van der Waals surface area contributed by atoms with E-state index in [2.05, 4.69) is 30.6 Å². The van der Waals surface area contributed by atoms with Crippen LogP contribution in [0.2, 0.25) is 0 Å². The van der Waals surface area contributed by atoms with Crippen molar-refractivity contribution in [1.29, 1.82) is 0 Å². The summed E-state index contributed by atoms with van der Waals surface area (Å²) in [5.74, 6) is 0.305. The first kappa shape index (κ1) is 18.2. The first-order valence-corrected chi connectivity index (χ1v) is 9.90. The van der Waals surface area contributed by atoms with Gasteiger partial charge in [-0.2, -0.15) is 0 Å². The summed E-state index contributed by atoms with van der Waals surface area (Å²) in [4.78, 5) is 0.210. The van der Waals surface area contributed by atoms with Crippen molar-refractivity contribution in [3.8, 4) is 5.69 Å². The molecular formula is C20H23N3O2S. The zero-order chi connectivity index (χ0) is 18.9. The predicted molar refractivity (Wildman–Crippen MR) is 104 cm³/mol. The lowest BCUT2D eigenvalue weighted by atomic mass is 9.92. The maximum absolute atomic E-state index is 12.6. The fourth-order valence-electron chi connectivity index (χ4n) is 2.64. The van der Waals surface area contributed by atoms with Gasteiger partial charge < -0.3 is 0 Å². The summed E-state index contributed by atoms with van der Waals surface area (Å²) in [6, 6.07) is 18.1. The highest BCUT2D eigenvalue weighted by Crippen LogP contribution is 2.28. The second-order valence-electron chi connectivity index (χ2n) is 7.33. The van der Waals surface area contributed by atoms with Gasteiger partial charge in [0.2, 0.25) is 0 Å². The number of hydrogen-bond donors (Lipinski definition) is 1. The van der Waals surface area contributed by atoms with Crippen LogP contribution in [0, 0.1) is 6.92 Å². The van der Waals surface area contributed by atoms with E-state index < -0.39 is 10.0 Å². The molecule has 0 saturated heterocycles. The Morgan fingerprint density at radius 1 is 0.962 bits per heavy atom. The van der Waals surface area contributed by atoms with E-state index >= 15 is 0 Å². The van der Waals surface area contributed by atoms with Gasteiger partial charge in [0, 0.05) is 11.5 Å². The van der Waals surface area contributed by atoms with Crippen LogP contribution in [0.1, 0.15) is 32.0 Å². The molecule has 0 amide bonds. The van der Waals surface area contributed by atoms with Crippen LogP contribution in [0.15, 0.2) is 65.6 Å². The largest absolute Gasteiger partial charge is 0.263 e. The molecule has 0 atom stereocenters. The van der Waals surface area contributed by atoms with Crippen LogP contribution in [-0.2, 0) is 15.4 Å². The summed E-state index contributed by atoms with van der Waals surface area (Å²) in [5.41, 5.74) is 2.77. The van der Waals surface area contributed by atoms with Crippen molar-refractivity contribution in [1.82, 2.24) is 9.78 Å². The number of nitrogens with zero attached hydrogens (tertiary/aromatic N) is 2. The third-order valence-electron chi connectivity index (χ3n) is 4.05. The third kappa shape index (κ3) is 3.80. The van der Waals surface area contributed by atoms with E-state index in [0.29, 0.717) is 5.82 Å². The molecule has 0 unspecified atom stereocenters. The molecule has 136 valence electrons. The van der Waals surface area contributed by atoms with Gasteiger partial charge in [-0.15, -0.1) is 5.10 Å². The number of nitrogens with one attached hydrogen (secondary N) is 1. The number of aryl methyl sites for hydroxylation is 1. The van der Waals surface area contributed by atoms with Gasteiger partial charge in [0.1, 0.15) is 0 Å². The summed E-state index contributed by atoms with van der Waals surface area (Å²) >= 11 is 0. The van der Waals surface area contributed by atoms with E-state index in [1.165, 1.54) is 0 Å². The van der Waals surface area contributed by atoms with Crippen LogP contribution in [0.3, 0.4) is 0 Å². The molecule has 0 aliphatic rings. The smallest absolute Gasteiger partial charge is 0.262 e. The average Bonchev–Trinajstić information content (AvgIpc) is 3.00. The molecule has 0 aliphatic heterocycles. The second kappa shape index (κ2) is 6.61. The van der Waals surface area contributed by atoms with Gasteiger partial charge in [0.05, 0.1) is 16.3 Å². The fraction of sp³-hybridized carbons (Fsp3) is 0.250. The van der Waals surface area contributed by atoms with Gasteiger partial charge in [0.15, 0.2) is 5.82 Å². The molecule has 1 aromatic heterocycles. The molecule has 3 aromatic rings. The Balaban J connectivity index is 2.03. The molecule has 26 heavy (non-hydrogen) atoms. The molecule has 0 aliphatic carbocycles. The molecule has 6 heteroatoms. The second-order valence-corrected chi connectivity index (χ2v) is 9.01. The zero-order valence-corrected chi connectivity index (χ0v) is 16.2. The highest BCUT2D eigenvalue weighted by molar-refractivity contribution is 7.92. The molecule has 0 saturated carbocycles. The van der Waals surface area contributed by atoms with Crippen molar-refractivity contribution >= 4 is 15.8 Å². The number of aromatic nitrogens is 2. The molecule has 1 N–H and O–H groups in total. The minimum atomic E-state index is -3.68. The topological polar surface area (TPSA) is 64.0 Å². The maximum atomic E-state index is 12.6. The Labute approximate surface area is 154 Å². The van der Waals surface area contributed by atoms with Crippen LogP contribution in [-0.4, -0.2) is 18.2 Å². The van der Waals surface area contributed by atoms with E-state index in [4.69, 9.17) is 0 Å². The third-order valence-corrected chi connectivity index (χ3v) is 5.42. The Morgan fingerprint density at radius 2 is 1.58 bits per heavy atom. The van der Waals surface area contributed by atoms with Crippen molar-refractivity contribution in [3.63, 3.8) is 0 Å². The number of anilines is 1. The van der Waals surface area contributed by atoms with Gasteiger partial charge in [-0.05, 0) is 31.2 Å². The number of hydrogen-bond acceptors (Lipinski definition) is 3. The molecule has 2 aromatic carbocycles. The van der Waals surface area contributed by atoms with Crippen LogP contribution < -0.4 is 4.72 Å². The van der Waals surface area contributed by atoms with Crippen molar-refractivity contribution < 1.29 is 8.42 Å².